The van der Waals surface area contributed by atoms with E-state index in [1.54, 1.807) is 0 Å². The Hall–Kier alpha value is -6.80. The third-order valence-electron chi connectivity index (χ3n) is 13.9. The summed E-state index contributed by atoms with van der Waals surface area (Å²) in [5.41, 5.74) is 15.4. The van der Waals surface area contributed by atoms with Crippen LogP contribution in [-0.4, -0.2) is 58.9 Å². The van der Waals surface area contributed by atoms with Crippen molar-refractivity contribution in [3.05, 3.63) is 189 Å². The van der Waals surface area contributed by atoms with Crippen molar-refractivity contribution in [3.8, 4) is 22.6 Å². The van der Waals surface area contributed by atoms with Gasteiger partial charge in [0.1, 0.15) is 60.3 Å². The first-order chi connectivity index (χ1) is 30.8. The van der Waals surface area contributed by atoms with Gasteiger partial charge in [-0.1, -0.05) is 107 Å². The molecule has 64 heavy (non-hydrogen) atoms. The number of allylic oxidation sites excluding steroid dienone is 3. The average Bonchev–Trinajstić information content (AvgIpc) is 3.59. The molecule has 1 aromatic heterocycles. The summed E-state index contributed by atoms with van der Waals surface area (Å²) in [7, 11) is 7.96. The van der Waals surface area contributed by atoms with Crippen LogP contribution in [0.5, 0.6) is 11.5 Å². The Labute approximate surface area is 376 Å². The number of hydrogen-bond acceptors (Lipinski definition) is 7. The highest BCUT2D eigenvalue weighted by Gasteiger charge is 2.43. The number of para-hydroxylation sites is 1. The topological polar surface area (TPSA) is 95.5 Å². The molecule has 6 aromatic carbocycles. The lowest BCUT2D eigenvalue weighted by Gasteiger charge is -2.34. The van der Waals surface area contributed by atoms with E-state index >= 15 is 0 Å². The Morgan fingerprint density at radius 2 is 1.53 bits per heavy atom. The molecule has 0 saturated carbocycles. The van der Waals surface area contributed by atoms with Gasteiger partial charge in [-0.25, -0.2) is 0 Å². The quantitative estimate of drug-likeness (QED) is 0.0662. The zero-order valence-electron chi connectivity index (χ0n) is 37.2. The smallest absolute Gasteiger partial charge is 0.177 e. The van der Waals surface area contributed by atoms with Crippen LogP contribution in [0.15, 0.2) is 160 Å². The number of fused-ring (bicyclic) bond motifs is 1. The summed E-state index contributed by atoms with van der Waals surface area (Å²) in [4.78, 5) is 14.5. The average molecular weight is 837 g/mol. The first-order valence-electron chi connectivity index (χ1n) is 21.9. The van der Waals surface area contributed by atoms with Gasteiger partial charge in [0.25, 0.3) is 0 Å². The molecule has 3 aliphatic rings. The molecule has 312 valence electrons. The number of rotatable bonds is 8. The van der Waals surface area contributed by atoms with Crippen LogP contribution in [-0.2, 0) is 11.3 Å². The highest BCUT2D eigenvalue weighted by molar-refractivity contribution is 6.51. The van der Waals surface area contributed by atoms with Gasteiger partial charge in [0, 0.05) is 34.7 Å². The van der Waals surface area contributed by atoms with Crippen molar-refractivity contribution < 1.29 is 29.5 Å². The lowest BCUT2D eigenvalue weighted by Crippen LogP contribution is -2.32. The maximum absolute atomic E-state index is 12.8. The molecule has 0 saturated heterocycles. The SMILES string of the molecule is BC(=C)/C(=C(O)\C(B)=C(/C)c1c(B)c(B)c(C)c(O)c1C)N(c1ccc(C2C=CC3=C4c5c(oc6cccc(c56)OOC42)CC3O)cc1)c1ccccc1-c1cccc2ccccc12. The molecule has 0 spiro atoms. The van der Waals surface area contributed by atoms with Gasteiger partial charge < -0.3 is 29.5 Å². The number of aliphatic hydroxyl groups excluding tert-OH is 2. The van der Waals surface area contributed by atoms with Crippen molar-refractivity contribution in [2.45, 2.75) is 45.3 Å². The van der Waals surface area contributed by atoms with Crippen molar-refractivity contribution in [3.63, 3.8) is 0 Å². The number of aromatic hydroxyl groups is 1. The van der Waals surface area contributed by atoms with E-state index in [1.165, 1.54) is 0 Å². The molecule has 0 bridgehead atoms. The molecule has 3 unspecified atom stereocenters. The molecular weight excluding hydrogens is 790 g/mol. The van der Waals surface area contributed by atoms with E-state index < -0.39 is 12.2 Å². The van der Waals surface area contributed by atoms with E-state index in [4.69, 9.17) is 14.2 Å². The standard InChI is InChI=1S/C53H47B4NO6/c1-26(43-27(2)51(60)28(3)47(55)49(43)57)48(56)52(61)50(29(4)54)58(38-16-8-7-14-36(38)35-15-9-12-30-11-5-6-13-33(30)35)32-21-19-31(20-22-32)34-23-24-37-39(59)25-42-46-44(37)53(34)64-63-41-18-10-17-40(62-42)45(41)46/h5-24,34,39,53,59-61H,4,25,54-57H2,1-3H3/b48-26-,52-50-. The molecule has 7 aromatic rings. The van der Waals surface area contributed by atoms with Crippen LogP contribution in [0.4, 0.5) is 11.4 Å². The molecule has 2 aliphatic carbocycles. The van der Waals surface area contributed by atoms with Crippen LogP contribution in [0.2, 0.25) is 0 Å². The van der Waals surface area contributed by atoms with Gasteiger partial charge in [-0.15, -0.1) is 6.58 Å². The van der Waals surface area contributed by atoms with Gasteiger partial charge >= 0.3 is 0 Å². The predicted octanol–water partition coefficient (Wildman–Crippen LogP) is 6.93. The summed E-state index contributed by atoms with van der Waals surface area (Å²) < 4.78 is 6.30. The zero-order chi connectivity index (χ0) is 44.7. The maximum atomic E-state index is 12.8. The molecule has 11 heteroatoms. The van der Waals surface area contributed by atoms with Crippen molar-refractivity contribution in [2.75, 3.05) is 4.90 Å². The molecule has 0 amide bonds. The molecule has 10 rings (SSSR count). The fourth-order valence-corrected chi connectivity index (χ4v) is 10.3. The first kappa shape index (κ1) is 41.2. The summed E-state index contributed by atoms with van der Waals surface area (Å²) in [6.45, 7) is 10.4. The summed E-state index contributed by atoms with van der Waals surface area (Å²) in [6.07, 6.45) is 3.20. The largest absolute Gasteiger partial charge is 0.507 e. The summed E-state index contributed by atoms with van der Waals surface area (Å²) in [5, 5.41) is 38.4. The molecule has 0 fully saturated rings. The van der Waals surface area contributed by atoms with Crippen LogP contribution >= 0.6 is 0 Å². The van der Waals surface area contributed by atoms with E-state index in [0.717, 1.165) is 99.9 Å². The molecule has 3 atom stereocenters. The Morgan fingerprint density at radius 1 is 0.828 bits per heavy atom. The zero-order valence-corrected chi connectivity index (χ0v) is 37.2. The van der Waals surface area contributed by atoms with Crippen LogP contribution in [0.1, 0.15) is 46.4 Å². The number of furan rings is 1. The van der Waals surface area contributed by atoms with Gasteiger partial charge in [-0.05, 0) is 106 Å². The molecule has 3 N–H and O–H groups in total. The van der Waals surface area contributed by atoms with E-state index in [0.29, 0.717) is 34.4 Å². The Kier molecular flexibility index (Phi) is 10.2. The van der Waals surface area contributed by atoms with E-state index in [9.17, 15) is 15.3 Å². The molecular formula is C53H47B4NO6. The molecule has 1 aliphatic heterocycles. The number of hydrogen-bond donors (Lipinski definition) is 3. The molecule has 0 radical (unpaired) electrons. The maximum Gasteiger partial charge on any atom is 0.177 e. The lowest BCUT2D eigenvalue weighted by molar-refractivity contribution is -0.229. The van der Waals surface area contributed by atoms with Gasteiger partial charge in [-0.2, -0.15) is 4.89 Å². The van der Waals surface area contributed by atoms with Gasteiger partial charge in [0.15, 0.2) is 5.75 Å². The van der Waals surface area contributed by atoms with Crippen LogP contribution in [0.25, 0.3) is 44.0 Å². The summed E-state index contributed by atoms with van der Waals surface area (Å²) in [5.74, 6) is 1.40. The fraction of sp³-hybridized carbons (Fsp3) is 0.132. The minimum atomic E-state index is -0.736. The second-order valence-electron chi connectivity index (χ2n) is 17.5. The minimum Gasteiger partial charge on any atom is -0.507 e. The number of benzene rings is 6. The molecule has 7 nitrogen and oxygen atoms in total. The highest BCUT2D eigenvalue weighted by Crippen LogP contribution is 2.52. The Morgan fingerprint density at radius 3 is 2.31 bits per heavy atom. The highest BCUT2D eigenvalue weighted by atomic mass is 17.2. The van der Waals surface area contributed by atoms with E-state index in [2.05, 4.69) is 104 Å². The Bertz CT molecular complexity index is 3220. The number of nitrogens with zero attached hydrogens (tertiary/aromatic N) is 1. The summed E-state index contributed by atoms with van der Waals surface area (Å²) >= 11 is 0. The third kappa shape index (κ3) is 6.40. The van der Waals surface area contributed by atoms with Crippen molar-refractivity contribution in [1.29, 1.82) is 0 Å². The van der Waals surface area contributed by atoms with Gasteiger partial charge in [0.2, 0.25) is 0 Å². The number of phenolic OH excluding ortho intramolecular Hbond substituents is 1. The number of anilines is 2. The third-order valence-corrected chi connectivity index (χ3v) is 13.9. The first-order valence-corrected chi connectivity index (χ1v) is 21.9. The van der Waals surface area contributed by atoms with E-state index in [-0.39, 0.29) is 17.4 Å². The van der Waals surface area contributed by atoms with Gasteiger partial charge in [0.05, 0.1) is 22.9 Å². The monoisotopic (exact) mass is 837 g/mol. The number of phenols is 1. The summed E-state index contributed by atoms with van der Waals surface area (Å²) in [6, 6.07) is 37.1. The van der Waals surface area contributed by atoms with Crippen molar-refractivity contribution in [2.24, 2.45) is 0 Å². The van der Waals surface area contributed by atoms with Crippen LogP contribution < -0.4 is 20.7 Å². The normalized spacial score (nSPS) is 18.3. The predicted molar refractivity (Wildman–Crippen MR) is 271 cm³/mol. The lowest BCUT2D eigenvalue weighted by atomic mass is 9.70. The van der Waals surface area contributed by atoms with E-state index in [1.807, 2.05) is 80.7 Å². The fourth-order valence-electron chi connectivity index (χ4n) is 10.3. The minimum absolute atomic E-state index is 0.0784. The molecule has 2 heterocycles. The van der Waals surface area contributed by atoms with Crippen LogP contribution in [0.3, 0.4) is 0 Å². The van der Waals surface area contributed by atoms with Crippen LogP contribution in [0, 0.1) is 13.8 Å². The van der Waals surface area contributed by atoms with Gasteiger partial charge in [-0.3, -0.25) is 0 Å². The van der Waals surface area contributed by atoms with Crippen molar-refractivity contribution in [1.82, 2.24) is 0 Å². The number of aliphatic hydroxyl groups is 2. The second-order valence-corrected chi connectivity index (χ2v) is 17.5. The Balaban J connectivity index is 1.14. The second kappa shape index (κ2) is 15.8. The van der Waals surface area contributed by atoms with Crippen molar-refractivity contribution >= 4 is 86.6 Å².